The van der Waals surface area contributed by atoms with Crippen LogP contribution < -0.4 is 15.5 Å². The monoisotopic (exact) mass is 365 g/mol. The Kier molecular flexibility index (Phi) is 7.78. The second kappa shape index (κ2) is 10.6. The fourth-order valence-electron chi connectivity index (χ4n) is 2.26. The molecule has 0 aromatic heterocycles. The van der Waals surface area contributed by atoms with Crippen LogP contribution in [0.3, 0.4) is 0 Å². The van der Waals surface area contributed by atoms with E-state index in [4.69, 9.17) is 4.74 Å². The highest BCUT2D eigenvalue weighted by atomic mass is 16.5. The molecule has 0 aliphatic carbocycles. The highest BCUT2D eigenvalue weighted by molar-refractivity contribution is 6.01. The fraction of sp³-hybridized carbons (Fsp3) is 0.190. The quantitative estimate of drug-likeness (QED) is 0.429. The molecule has 6 nitrogen and oxygen atoms in total. The van der Waals surface area contributed by atoms with Crippen molar-refractivity contribution in [1.29, 1.82) is 0 Å². The van der Waals surface area contributed by atoms with Crippen molar-refractivity contribution in [1.82, 2.24) is 10.7 Å². The lowest BCUT2D eigenvalue weighted by molar-refractivity contribution is -0.123. The van der Waals surface area contributed by atoms with Crippen molar-refractivity contribution in [2.45, 2.75) is 13.3 Å². The molecule has 2 aromatic rings. The van der Waals surface area contributed by atoms with Crippen molar-refractivity contribution in [3.8, 4) is 5.75 Å². The summed E-state index contributed by atoms with van der Waals surface area (Å²) in [4.78, 5) is 23.7. The topological polar surface area (TPSA) is 79.8 Å². The summed E-state index contributed by atoms with van der Waals surface area (Å²) >= 11 is 0. The minimum Gasteiger partial charge on any atom is -0.497 e. The van der Waals surface area contributed by atoms with Gasteiger partial charge in [0.15, 0.2) is 0 Å². The maximum absolute atomic E-state index is 11.9. The van der Waals surface area contributed by atoms with Gasteiger partial charge >= 0.3 is 0 Å². The molecule has 0 saturated carbocycles. The molecule has 0 fully saturated rings. The molecule has 2 amide bonds. The minimum absolute atomic E-state index is 0.152. The SMILES string of the molecule is CCC(=NNC(=O)CNC(=O)C=Cc1ccc(OC)cc1)c1ccccc1. The lowest BCUT2D eigenvalue weighted by atomic mass is 10.1. The molecule has 0 unspecified atom stereocenters. The number of rotatable bonds is 8. The number of benzene rings is 2. The van der Waals surface area contributed by atoms with Crippen molar-refractivity contribution in [3.63, 3.8) is 0 Å². The van der Waals surface area contributed by atoms with Crippen molar-refractivity contribution >= 4 is 23.6 Å². The van der Waals surface area contributed by atoms with E-state index >= 15 is 0 Å². The first kappa shape index (κ1) is 19.9. The predicted molar refractivity (Wildman–Crippen MR) is 106 cm³/mol. The van der Waals surface area contributed by atoms with Gasteiger partial charge in [0.05, 0.1) is 19.4 Å². The Morgan fingerprint density at radius 3 is 2.41 bits per heavy atom. The summed E-state index contributed by atoms with van der Waals surface area (Å²) in [6.07, 6.45) is 3.72. The highest BCUT2D eigenvalue weighted by Crippen LogP contribution is 2.12. The summed E-state index contributed by atoms with van der Waals surface area (Å²) in [5.41, 5.74) is 5.05. The Bertz CT molecular complexity index is 812. The highest BCUT2D eigenvalue weighted by Gasteiger charge is 2.04. The smallest absolute Gasteiger partial charge is 0.259 e. The summed E-state index contributed by atoms with van der Waals surface area (Å²) in [6, 6.07) is 16.9. The van der Waals surface area contributed by atoms with Crippen LogP contribution in [0.5, 0.6) is 5.75 Å². The zero-order chi connectivity index (χ0) is 19.5. The molecule has 0 radical (unpaired) electrons. The van der Waals surface area contributed by atoms with E-state index in [1.807, 2.05) is 49.4 Å². The van der Waals surface area contributed by atoms with Gasteiger partial charge in [0.1, 0.15) is 5.75 Å². The van der Waals surface area contributed by atoms with Crippen LogP contribution in [0.2, 0.25) is 0 Å². The van der Waals surface area contributed by atoms with Crippen LogP contribution in [0.25, 0.3) is 6.08 Å². The van der Waals surface area contributed by atoms with Gasteiger partial charge in [-0.1, -0.05) is 49.4 Å². The Balaban J connectivity index is 1.81. The number of hydrogen-bond acceptors (Lipinski definition) is 4. The number of ether oxygens (including phenoxy) is 1. The Hall–Kier alpha value is -3.41. The van der Waals surface area contributed by atoms with E-state index in [-0.39, 0.29) is 18.4 Å². The fourth-order valence-corrected chi connectivity index (χ4v) is 2.26. The van der Waals surface area contributed by atoms with Gasteiger partial charge in [-0.15, -0.1) is 0 Å². The summed E-state index contributed by atoms with van der Waals surface area (Å²) < 4.78 is 5.08. The number of methoxy groups -OCH3 is 1. The Morgan fingerprint density at radius 2 is 1.78 bits per heavy atom. The summed E-state index contributed by atoms with van der Waals surface area (Å²) in [7, 11) is 1.59. The molecule has 2 aromatic carbocycles. The summed E-state index contributed by atoms with van der Waals surface area (Å²) in [5.74, 6) is 0.00239. The van der Waals surface area contributed by atoms with Gasteiger partial charge in [-0.2, -0.15) is 5.10 Å². The van der Waals surface area contributed by atoms with Gasteiger partial charge in [-0.05, 0) is 35.8 Å². The predicted octanol–water partition coefficient (Wildman–Crippen LogP) is 2.76. The number of hydrazone groups is 1. The minimum atomic E-state index is -0.386. The van der Waals surface area contributed by atoms with Crippen LogP contribution >= 0.6 is 0 Å². The lowest BCUT2D eigenvalue weighted by Gasteiger charge is -2.05. The maximum atomic E-state index is 11.9. The number of carbonyl (C=O) groups excluding carboxylic acids is 2. The van der Waals surface area contributed by atoms with Crippen molar-refractivity contribution in [3.05, 3.63) is 71.8 Å². The third-order valence-corrected chi connectivity index (χ3v) is 3.72. The van der Waals surface area contributed by atoms with E-state index in [2.05, 4.69) is 15.8 Å². The molecule has 2 N–H and O–H groups in total. The summed E-state index contributed by atoms with van der Waals surface area (Å²) in [6.45, 7) is 1.81. The second-order valence-corrected chi connectivity index (χ2v) is 5.64. The second-order valence-electron chi connectivity index (χ2n) is 5.64. The van der Waals surface area contributed by atoms with E-state index in [1.165, 1.54) is 6.08 Å². The molecular formula is C21H23N3O3. The van der Waals surface area contributed by atoms with Crippen LogP contribution in [0.4, 0.5) is 0 Å². The molecule has 0 spiro atoms. The molecule has 140 valence electrons. The first-order chi connectivity index (χ1) is 13.1. The molecule has 0 aliphatic heterocycles. The van der Waals surface area contributed by atoms with Gasteiger partial charge in [0.2, 0.25) is 5.91 Å². The van der Waals surface area contributed by atoms with E-state index in [0.717, 1.165) is 22.6 Å². The number of carbonyl (C=O) groups is 2. The van der Waals surface area contributed by atoms with Gasteiger partial charge in [-0.3, -0.25) is 9.59 Å². The normalized spacial score (nSPS) is 11.3. The average Bonchev–Trinajstić information content (AvgIpc) is 2.72. The van der Waals surface area contributed by atoms with E-state index in [1.54, 1.807) is 25.3 Å². The van der Waals surface area contributed by atoms with E-state index < -0.39 is 0 Å². The Morgan fingerprint density at radius 1 is 1.07 bits per heavy atom. The largest absolute Gasteiger partial charge is 0.497 e. The maximum Gasteiger partial charge on any atom is 0.259 e. The molecule has 0 bridgehead atoms. The van der Waals surface area contributed by atoms with Gasteiger partial charge in [-0.25, -0.2) is 5.43 Å². The number of nitrogens with one attached hydrogen (secondary N) is 2. The number of nitrogens with zero attached hydrogens (tertiary/aromatic N) is 1. The van der Waals surface area contributed by atoms with Crippen LogP contribution in [-0.2, 0) is 9.59 Å². The molecule has 27 heavy (non-hydrogen) atoms. The van der Waals surface area contributed by atoms with Gasteiger partial charge in [0, 0.05) is 6.08 Å². The summed E-state index contributed by atoms with van der Waals surface area (Å²) in [5, 5.41) is 6.66. The van der Waals surface area contributed by atoms with Crippen molar-refractivity contribution < 1.29 is 14.3 Å². The third-order valence-electron chi connectivity index (χ3n) is 3.72. The lowest BCUT2D eigenvalue weighted by Crippen LogP contribution is -2.34. The zero-order valence-corrected chi connectivity index (χ0v) is 15.4. The average molecular weight is 365 g/mol. The van der Waals surface area contributed by atoms with Crippen molar-refractivity contribution in [2.75, 3.05) is 13.7 Å². The third kappa shape index (κ3) is 6.78. The molecule has 2 rings (SSSR count). The first-order valence-electron chi connectivity index (χ1n) is 8.63. The Labute approximate surface area is 158 Å². The molecule has 0 heterocycles. The van der Waals surface area contributed by atoms with Crippen molar-refractivity contribution in [2.24, 2.45) is 5.10 Å². The van der Waals surface area contributed by atoms with Crippen LogP contribution in [0, 0.1) is 0 Å². The number of hydrogen-bond donors (Lipinski definition) is 2. The molecule has 0 saturated heterocycles. The van der Waals surface area contributed by atoms with E-state index in [9.17, 15) is 9.59 Å². The zero-order valence-electron chi connectivity index (χ0n) is 15.4. The van der Waals surface area contributed by atoms with Crippen LogP contribution in [0.1, 0.15) is 24.5 Å². The van der Waals surface area contributed by atoms with Crippen LogP contribution in [-0.4, -0.2) is 31.2 Å². The molecular weight excluding hydrogens is 342 g/mol. The van der Waals surface area contributed by atoms with Gasteiger partial charge < -0.3 is 10.1 Å². The standard InChI is InChI=1S/C21H23N3O3/c1-3-19(17-7-5-4-6-8-17)23-24-21(26)15-22-20(25)14-11-16-9-12-18(27-2)13-10-16/h4-14H,3,15H2,1-2H3,(H,22,25)(H,24,26). The van der Waals surface area contributed by atoms with Crippen LogP contribution in [0.15, 0.2) is 65.8 Å². The molecule has 0 atom stereocenters. The number of amides is 2. The first-order valence-corrected chi connectivity index (χ1v) is 8.63. The van der Waals surface area contributed by atoms with Gasteiger partial charge in [0.25, 0.3) is 5.91 Å². The molecule has 6 heteroatoms. The molecule has 0 aliphatic rings. The van der Waals surface area contributed by atoms with E-state index in [0.29, 0.717) is 6.42 Å².